The van der Waals surface area contributed by atoms with Gasteiger partial charge in [0.1, 0.15) is 0 Å². The third kappa shape index (κ3) is 10.4. The normalized spacial score (nSPS) is 19.6. The molecule has 1 saturated heterocycles. The van der Waals surface area contributed by atoms with Crippen LogP contribution in [0.3, 0.4) is 0 Å². The Kier molecular flexibility index (Phi) is 10.9. The second-order valence-corrected chi connectivity index (χ2v) is 4.64. The first-order valence-electron chi connectivity index (χ1n) is 6.44. The number of hydrogen-bond donors (Lipinski definition) is 4. The minimum absolute atomic E-state index is 0.250. The van der Waals surface area contributed by atoms with Crippen LogP contribution >= 0.6 is 0 Å². The molecule has 0 radical (unpaired) electrons. The Morgan fingerprint density at radius 1 is 1.39 bits per heavy atom. The first-order chi connectivity index (χ1) is 8.60. The first-order valence-corrected chi connectivity index (χ1v) is 6.44. The second kappa shape index (κ2) is 11.4. The summed E-state index contributed by atoms with van der Waals surface area (Å²) in [6, 6.07) is 0.875. The SMILES string of the molecule is NC(CCCCB(O)O)CC1CCCN1.O=C=O. The molecular weight excluding hydrogens is 235 g/mol. The quantitative estimate of drug-likeness (QED) is 0.362. The van der Waals surface area contributed by atoms with Gasteiger partial charge < -0.3 is 21.1 Å². The molecule has 2 atom stereocenters. The minimum Gasteiger partial charge on any atom is -0.427 e. The van der Waals surface area contributed by atoms with E-state index in [0.29, 0.717) is 12.4 Å². The summed E-state index contributed by atoms with van der Waals surface area (Å²) in [6.45, 7) is 1.13. The summed E-state index contributed by atoms with van der Waals surface area (Å²) < 4.78 is 0. The van der Waals surface area contributed by atoms with Crippen molar-refractivity contribution in [2.75, 3.05) is 6.54 Å². The molecule has 0 saturated carbocycles. The van der Waals surface area contributed by atoms with Crippen LogP contribution in [0.1, 0.15) is 38.5 Å². The molecule has 18 heavy (non-hydrogen) atoms. The van der Waals surface area contributed by atoms with Gasteiger partial charge in [-0.1, -0.05) is 12.8 Å². The average molecular weight is 258 g/mol. The van der Waals surface area contributed by atoms with E-state index in [9.17, 15) is 0 Å². The molecule has 1 fully saturated rings. The Hall–Kier alpha value is -0.715. The molecule has 0 aromatic carbocycles. The number of carbonyl (C=O) groups excluding carboxylic acids is 2. The number of rotatable bonds is 7. The van der Waals surface area contributed by atoms with Crippen LogP contribution in [-0.4, -0.2) is 41.9 Å². The Bertz CT molecular complexity index is 229. The number of hydrogen-bond acceptors (Lipinski definition) is 6. The molecule has 7 heteroatoms. The fraction of sp³-hybridized carbons (Fsp3) is 0.909. The zero-order valence-corrected chi connectivity index (χ0v) is 10.7. The fourth-order valence-corrected chi connectivity index (χ4v) is 2.17. The molecule has 0 bridgehead atoms. The topological polar surface area (TPSA) is 113 Å². The van der Waals surface area contributed by atoms with Gasteiger partial charge in [-0.05, 0) is 38.5 Å². The van der Waals surface area contributed by atoms with E-state index in [1.807, 2.05) is 0 Å². The summed E-state index contributed by atoms with van der Waals surface area (Å²) in [4.78, 5) is 16.2. The van der Waals surface area contributed by atoms with Crippen LogP contribution in [0.25, 0.3) is 0 Å². The van der Waals surface area contributed by atoms with Crippen molar-refractivity contribution in [1.29, 1.82) is 0 Å². The van der Waals surface area contributed by atoms with Gasteiger partial charge in [0, 0.05) is 12.1 Å². The monoisotopic (exact) mass is 258 g/mol. The lowest BCUT2D eigenvalue weighted by molar-refractivity contribution is -0.191. The smallest absolute Gasteiger partial charge is 0.427 e. The van der Waals surface area contributed by atoms with Crippen molar-refractivity contribution in [3.8, 4) is 0 Å². The second-order valence-electron chi connectivity index (χ2n) is 4.64. The third-order valence-electron chi connectivity index (χ3n) is 3.04. The molecular formula is C11H23BN2O4. The predicted molar refractivity (Wildman–Crippen MR) is 67.5 cm³/mol. The molecule has 0 aliphatic carbocycles. The van der Waals surface area contributed by atoms with Gasteiger partial charge in [0.15, 0.2) is 0 Å². The molecule has 1 aliphatic rings. The van der Waals surface area contributed by atoms with Crippen molar-refractivity contribution in [3.63, 3.8) is 0 Å². The third-order valence-corrected chi connectivity index (χ3v) is 3.04. The number of nitrogens with two attached hydrogens (primary N) is 1. The van der Waals surface area contributed by atoms with E-state index in [1.165, 1.54) is 12.8 Å². The fourth-order valence-electron chi connectivity index (χ4n) is 2.17. The standard InChI is InChI=1S/C10H23BN2O2.CO2/c12-9(4-1-2-6-11(14)15)8-10-5-3-7-13-10;2-1-3/h9-10,13-15H,1-8,12H2;. The molecule has 1 heterocycles. The Labute approximate surface area is 108 Å². The molecule has 0 spiro atoms. The van der Waals surface area contributed by atoms with Crippen LogP contribution in [0.2, 0.25) is 6.32 Å². The van der Waals surface area contributed by atoms with Gasteiger partial charge in [0.2, 0.25) is 0 Å². The van der Waals surface area contributed by atoms with Gasteiger partial charge in [0.25, 0.3) is 0 Å². The van der Waals surface area contributed by atoms with Crippen LogP contribution in [0.4, 0.5) is 0 Å². The summed E-state index contributed by atoms with van der Waals surface area (Å²) in [5.41, 5.74) is 6.01. The van der Waals surface area contributed by atoms with E-state index in [-0.39, 0.29) is 12.2 Å². The molecule has 6 nitrogen and oxygen atoms in total. The summed E-state index contributed by atoms with van der Waals surface area (Å²) in [6.07, 6.45) is 7.13. The van der Waals surface area contributed by atoms with Gasteiger partial charge in [-0.3, -0.25) is 0 Å². The van der Waals surface area contributed by atoms with Crippen molar-refractivity contribution in [2.24, 2.45) is 5.73 Å². The molecule has 1 rings (SSSR count). The lowest BCUT2D eigenvalue weighted by Crippen LogP contribution is -2.31. The Morgan fingerprint density at radius 3 is 2.56 bits per heavy atom. The average Bonchev–Trinajstić information content (AvgIpc) is 2.78. The van der Waals surface area contributed by atoms with Gasteiger partial charge in [-0.15, -0.1) is 0 Å². The maximum Gasteiger partial charge on any atom is 0.451 e. The van der Waals surface area contributed by atoms with Crippen LogP contribution in [-0.2, 0) is 9.59 Å². The van der Waals surface area contributed by atoms with E-state index in [4.69, 9.17) is 25.4 Å². The van der Waals surface area contributed by atoms with Crippen LogP contribution in [0, 0.1) is 0 Å². The lowest BCUT2D eigenvalue weighted by atomic mass is 9.83. The summed E-state index contributed by atoms with van der Waals surface area (Å²) in [5.74, 6) is 0. The van der Waals surface area contributed by atoms with E-state index in [1.54, 1.807) is 0 Å². The molecule has 0 amide bonds. The molecule has 104 valence electrons. The van der Waals surface area contributed by atoms with Crippen LogP contribution in [0.5, 0.6) is 0 Å². The van der Waals surface area contributed by atoms with Crippen molar-refractivity contribution in [3.05, 3.63) is 0 Å². The van der Waals surface area contributed by atoms with Crippen molar-refractivity contribution < 1.29 is 19.6 Å². The zero-order valence-electron chi connectivity index (χ0n) is 10.7. The minimum atomic E-state index is -1.15. The van der Waals surface area contributed by atoms with Gasteiger partial charge >= 0.3 is 13.3 Å². The highest BCUT2D eigenvalue weighted by atomic mass is 16.4. The van der Waals surface area contributed by atoms with E-state index in [2.05, 4.69) is 5.32 Å². The molecule has 0 aromatic heterocycles. The molecule has 2 unspecified atom stereocenters. The predicted octanol–water partition coefficient (Wildman–Crippen LogP) is -0.485. The Balaban J connectivity index is 0.000000873. The van der Waals surface area contributed by atoms with E-state index < -0.39 is 7.12 Å². The molecule has 1 aliphatic heterocycles. The maximum absolute atomic E-state index is 8.66. The first kappa shape index (κ1) is 17.3. The largest absolute Gasteiger partial charge is 0.451 e. The van der Waals surface area contributed by atoms with Crippen molar-refractivity contribution >= 4 is 13.3 Å². The van der Waals surface area contributed by atoms with Gasteiger partial charge in [-0.25, -0.2) is 0 Å². The van der Waals surface area contributed by atoms with Crippen LogP contribution in [0.15, 0.2) is 0 Å². The molecule has 0 aromatic rings. The highest BCUT2D eigenvalue weighted by Gasteiger charge is 2.17. The van der Waals surface area contributed by atoms with E-state index >= 15 is 0 Å². The summed E-state index contributed by atoms with van der Waals surface area (Å²) in [7, 11) is -1.15. The highest BCUT2D eigenvalue weighted by Crippen LogP contribution is 2.13. The highest BCUT2D eigenvalue weighted by molar-refractivity contribution is 6.40. The lowest BCUT2D eigenvalue weighted by Gasteiger charge is -2.16. The van der Waals surface area contributed by atoms with Crippen molar-refractivity contribution in [2.45, 2.75) is 56.9 Å². The Morgan fingerprint density at radius 2 is 2.06 bits per heavy atom. The van der Waals surface area contributed by atoms with Gasteiger partial charge in [0.05, 0.1) is 0 Å². The summed E-state index contributed by atoms with van der Waals surface area (Å²) in [5, 5.41) is 20.8. The van der Waals surface area contributed by atoms with Crippen LogP contribution < -0.4 is 11.1 Å². The van der Waals surface area contributed by atoms with Crippen molar-refractivity contribution in [1.82, 2.24) is 5.32 Å². The number of unbranched alkanes of at least 4 members (excludes halogenated alkanes) is 1. The maximum atomic E-state index is 8.66. The summed E-state index contributed by atoms with van der Waals surface area (Å²) >= 11 is 0. The van der Waals surface area contributed by atoms with E-state index in [0.717, 1.165) is 32.2 Å². The van der Waals surface area contributed by atoms with Gasteiger partial charge in [-0.2, -0.15) is 9.59 Å². The molecule has 5 N–H and O–H groups in total. The number of nitrogens with one attached hydrogen (secondary N) is 1. The zero-order chi connectivity index (χ0) is 13.8.